The zero-order valence-electron chi connectivity index (χ0n) is 6.27. The first kappa shape index (κ1) is 9.64. The van der Waals surface area contributed by atoms with E-state index < -0.39 is 6.43 Å². The highest BCUT2D eigenvalue weighted by Gasteiger charge is 2.18. The third kappa shape index (κ3) is 3.64. The molecule has 0 atom stereocenters. The predicted octanol–water partition coefficient (Wildman–Crippen LogP) is 2.15. The molecule has 1 heterocycles. The van der Waals surface area contributed by atoms with Gasteiger partial charge in [0.2, 0.25) is 0 Å². The van der Waals surface area contributed by atoms with Crippen molar-refractivity contribution in [2.24, 2.45) is 0 Å². The van der Waals surface area contributed by atoms with Gasteiger partial charge in [0.25, 0.3) is 6.43 Å². The first-order valence-corrected chi connectivity index (χ1v) is 5.07. The maximum Gasteiger partial charge on any atom is 0.251 e. The van der Waals surface area contributed by atoms with Gasteiger partial charge in [0.15, 0.2) is 0 Å². The third-order valence-corrected chi connectivity index (χ3v) is 3.16. The molecular formula is C7H12F2IN. The number of alkyl halides is 3. The Morgan fingerprint density at radius 1 is 1.36 bits per heavy atom. The second-order valence-electron chi connectivity index (χ2n) is 2.87. The first-order valence-electron chi connectivity index (χ1n) is 3.83. The van der Waals surface area contributed by atoms with Crippen LogP contribution in [0.25, 0.3) is 0 Å². The van der Waals surface area contributed by atoms with Crippen LogP contribution in [0.1, 0.15) is 12.8 Å². The molecule has 1 aliphatic rings. The standard InChI is InChI=1S/C7H12F2IN/c8-7(9)5-11-3-1-6(10)2-4-11/h6-7H,1-5H2. The van der Waals surface area contributed by atoms with E-state index in [1.54, 1.807) is 0 Å². The maximum absolute atomic E-state index is 11.9. The Morgan fingerprint density at radius 3 is 2.36 bits per heavy atom. The molecule has 0 unspecified atom stereocenters. The van der Waals surface area contributed by atoms with Gasteiger partial charge in [-0.2, -0.15) is 0 Å². The Hall–Kier alpha value is 0.550. The lowest BCUT2D eigenvalue weighted by molar-refractivity contribution is 0.0803. The summed E-state index contributed by atoms with van der Waals surface area (Å²) in [5.74, 6) is 0. The Balaban J connectivity index is 2.17. The van der Waals surface area contributed by atoms with Gasteiger partial charge in [-0.05, 0) is 25.9 Å². The van der Waals surface area contributed by atoms with Gasteiger partial charge in [-0.1, -0.05) is 22.6 Å². The van der Waals surface area contributed by atoms with Crippen molar-refractivity contribution in [2.45, 2.75) is 23.2 Å². The van der Waals surface area contributed by atoms with E-state index in [9.17, 15) is 8.78 Å². The van der Waals surface area contributed by atoms with Crippen molar-refractivity contribution >= 4 is 22.6 Å². The molecule has 1 rings (SSSR count). The van der Waals surface area contributed by atoms with Crippen LogP contribution in [-0.4, -0.2) is 34.9 Å². The quantitative estimate of drug-likeness (QED) is 0.551. The first-order chi connectivity index (χ1) is 5.18. The lowest BCUT2D eigenvalue weighted by Crippen LogP contribution is -2.36. The van der Waals surface area contributed by atoms with E-state index in [2.05, 4.69) is 22.6 Å². The molecule has 11 heavy (non-hydrogen) atoms. The molecule has 0 radical (unpaired) electrons. The van der Waals surface area contributed by atoms with Gasteiger partial charge >= 0.3 is 0 Å². The van der Waals surface area contributed by atoms with E-state index in [-0.39, 0.29) is 6.54 Å². The van der Waals surface area contributed by atoms with Crippen LogP contribution in [0.15, 0.2) is 0 Å². The highest BCUT2D eigenvalue weighted by molar-refractivity contribution is 14.1. The number of likely N-dealkylation sites (tertiary alicyclic amines) is 1. The molecule has 0 saturated carbocycles. The summed E-state index contributed by atoms with van der Waals surface area (Å²) in [5.41, 5.74) is 0. The molecule has 0 N–H and O–H groups in total. The normalized spacial score (nSPS) is 22.9. The Morgan fingerprint density at radius 2 is 1.91 bits per heavy atom. The Labute approximate surface area is 79.3 Å². The molecule has 1 nitrogen and oxygen atoms in total. The van der Waals surface area contributed by atoms with Gasteiger partial charge in [-0.3, -0.25) is 4.90 Å². The van der Waals surface area contributed by atoms with E-state index in [0.717, 1.165) is 25.9 Å². The summed E-state index contributed by atoms with van der Waals surface area (Å²) in [6.07, 6.45) is -0.0404. The van der Waals surface area contributed by atoms with Crippen LogP contribution >= 0.6 is 22.6 Å². The van der Waals surface area contributed by atoms with Crippen molar-refractivity contribution < 1.29 is 8.78 Å². The number of nitrogens with zero attached hydrogens (tertiary/aromatic N) is 1. The van der Waals surface area contributed by atoms with E-state index in [0.29, 0.717) is 3.92 Å². The highest BCUT2D eigenvalue weighted by Crippen LogP contribution is 2.18. The molecular weight excluding hydrogens is 263 g/mol. The SMILES string of the molecule is FC(F)CN1CCC(I)CC1. The molecule has 0 aromatic carbocycles. The summed E-state index contributed by atoms with van der Waals surface area (Å²) in [4.78, 5) is 1.85. The average molecular weight is 275 g/mol. The zero-order valence-corrected chi connectivity index (χ0v) is 8.43. The fourth-order valence-electron chi connectivity index (χ4n) is 1.28. The van der Waals surface area contributed by atoms with E-state index >= 15 is 0 Å². The van der Waals surface area contributed by atoms with Gasteiger partial charge in [-0.15, -0.1) is 0 Å². The van der Waals surface area contributed by atoms with Crippen LogP contribution in [0.4, 0.5) is 8.78 Å². The molecule has 0 aliphatic carbocycles. The fourth-order valence-corrected chi connectivity index (χ4v) is 1.84. The average Bonchev–Trinajstić information content (AvgIpc) is 1.93. The number of hydrogen-bond acceptors (Lipinski definition) is 1. The van der Waals surface area contributed by atoms with Crippen molar-refractivity contribution in [2.75, 3.05) is 19.6 Å². The molecule has 0 spiro atoms. The van der Waals surface area contributed by atoms with Crippen molar-refractivity contribution in [1.29, 1.82) is 0 Å². The molecule has 0 aromatic rings. The molecule has 1 fully saturated rings. The van der Waals surface area contributed by atoms with Crippen molar-refractivity contribution in [3.05, 3.63) is 0 Å². The molecule has 1 aliphatic heterocycles. The van der Waals surface area contributed by atoms with E-state index in [1.807, 2.05) is 4.90 Å². The Bertz CT molecular complexity index is 113. The molecule has 66 valence electrons. The minimum atomic E-state index is -2.17. The lowest BCUT2D eigenvalue weighted by Gasteiger charge is -2.28. The van der Waals surface area contributed by atoms with Crippen LogP contribution in [0.2, 0.25) is 0 Å². The van der Waals surface area contributed by atoms with Crippen molar-refractivity contribution in [3.8, 4) is 0 Å². The maximum atomic E-state index is 11.9. The summed E-state index contributed by atoms with van der Waals surface area (Å²) in [7, 11) is 0. The number of rotatable bonds is 2. The number of hydrogen-bond donors (Lipinski definition) is 0. The van der Waals surface area contributed by atoms with Crippen LogP contribution < -0.4 is 0 Å². The van der Waals surface area contributed by atoms with Gasteiger partial charge in [0, 0.05) is 3.92 Å². The highest BCUT2D eigenvalue weighted by atomic mass is 127. The monoisotopic (exact) mass is 275 g/mol. The van der Waals surface area contributed by atoms with Crippen molar-refractivity contribution in [3.63, 3.8) is 0 Å². The summed E-state index contributed by atoms with van der Waals surface area (Å²) in [6.45, 7) is 1.65. The molecule has 0 amide bonds. The molecule has 4 heteroatoms. The third-order valence-electron chi connectivity index (χ3n) is 1.91. The largest absolute Gasteiger partial charge is 0.298 e. The van der Waals surface area contributed by atoms with E-state index in [4.69, 9.17) is 0 Å². The number of piperidine rings is 1. The molecule has 1 saturated heterocycles. The second-order valence-corrected chi connectivity index (χ2v) is 4.63. The van der Waals surface area contributed by atoms with Crippen LogP contribution in [0, 0.1) is 0 Å². The van der Waals surface area contributed by atoms with Crippen LogP contribution in [-0.2, 0) is 0 Å². The van der Waals surface area contributed by atoms with Gasteiger partial charge in [0.05, 0.1) is 6.54 Å². The number of halogens is 3. The Kier molecular flexibility index (Phi) is 3.98. The van der Waals surface area contributed by atoms with Crippen LogP contribution in [0.5, 0.6) is 0 Å². The predicted molar refractivity (Wildman–Crippen MR) is 49.5 cm³/mol. The zero-order chi connectivity index (χ0) is 8.27. The minimum Gasteiger partial charge on any atom is -0.298 e. The van der Waals surface area contributed by atoms with Crippen molar-refractivity contribution in [1.82, 2.24) is 4.90 Å². The second kappa shape index (κ2) is 4.54. The minimum absolute atomic E-state index is 0.0383. The topological polar surface area (TPSA) is 3.24 Å². The molecule has 0 bridgehead atoms. The fraction of sp³-hybridized carbons (Fsp3) is 1.00. The van der Waals surface area contributed by atoms with Crippen LogP contribution in [0.3, 0.4) is 0 Å². The summed E-state index contributed by atoms with van der Waals surface area (Å²) < 4.78 is 24.4. The summed E-state index contributed by atoms with van der Waals surface area (Å²) in [6, 6.07) is 0. The lowest BCUT2D eigenvalue weighted by atomic mass is 10.1. The van der Waals surface area contributed by atoms with E-state index in [1.165, 1.54) is 0 Å². The summed E-state index contributed by atoms with van der Waals surface area (Å²) >= 11 is 2.39. The van der Waals surface area contributed by atoms with Gasteiger partial charge in [-0.25, -0.2) is 8.78 Å². The molecule has 0 aromatic heterocycles. The smallest absolute Gasteiger partial charge is 0.251 e. The van der Waals surface area contributed by atoms with Gasteiger partial charge in [0.1, 0.15) is 0 Å². The summed E-state index contributed by atoms with van der Waals surface area (Å²) in [5, 5.41) is 0. The van der Waals surface area contributed by atoms with Gasteiger partial charge < -0.3 is 0 Å².